The number of amides is 1. The van der Waals surface area contributed by atoms with Gasteiger partial charge < -0.3 is 5.32 Å². The number of rotatable bonds is 3. The molecule has 2 heterocycles. The first-order chi connectivity index (χ1) is 10.6. The zero-order valence-electron chi connectivity index (χ0n) is 12.4. The average molecular weight is 312 g/mol. The van der Waals surface area contributed by atoms with Gasteiger partial charge in [-0.3, -0.25) is 14.4 Å². The molecule has 1 aromatic carbocycles. The van der Waals surface area contributed by atoms with Crippen molar-refractivity contribution >= 4 is 35.0 Å². The van der Waals surface area contributed by atoms with Crippen molar-refractivity contribution < 1.29 is 4.79 Å². The lowest BCUT2D eigenvalue weighted by Crippen LogP contribution is -2.31. The van der Waals surface area contributed by atoms with E-state index in [1.54, 1.807) is 15.7 Å². The third-order valence-corrected chi connectivity index (χ3v) is 3.80. The van der Waals surface area contributed by atoms with Gasteiger partial charge in [-0.25, -0.2) is 0 Å². The lowest BCUT2D eigenvalue weighted by Gasteiger charge is -2.17. The molecule has 1 aliphatic rings. The molecule has 0 unspecified atom stereocenters. The quantitative estimate of drug-likeness (QED) is 0.697. The van der Waals surface area contributed by atoms with E-state index in [0.29, 0.717) is 16.5 Å². The first-order valence-corrected chi connectivity index (χ1v) is 7.45. The Hall–Kier alpha value is -2.47. The number of aryl methyl sites for hydroxylation is 2. The summed E-state index contributed by atoms with van der Waals surface area (Å²) in [6.45, 7) is 2.06. The lowest BCUT2D eigenvalue weighted by molar-refractivity contribution is -0.113. The Bertz CT molecular complexity index is 778. The van der Waals surface area contributed by atoms with Crippen molar-refractivity contribution in [2.75, 3.05) is 4.90 Å². The zero-order valence-corrected chi connectivity index (χ0v) is 13.2. The van der Waals surface area contributed by atoms with Crippen molar-refractivity contribution in [2.45, 2.75) is 13.3 Å². The van der Waals surface area contributed by atoms with Gasteiger partial charge in [0.25, 0.3) is 5.91 Å². The molecule has 0 saturated carbocycles. The third kappa shape index (κ3) is 2.53. The van der Waals surface area contributed by atoms with E-state index in [9.17, 15) is 4.79 Å². The zero-order chi connectivity index (χ0) is 15.7. The average Bonchev–Trinajstić information content (AvgIpc) is 3.03. The molecule has 1 N–H and O–H groups in total. The number of thiocarbonyl (C=S) groups is 1. The first-order valence-electron chi connectivity index (χ1n) is 7.05. The number of hydrogen-bond acceptors (Lipinski definition) is 3. The highest BCUT2D eigenvalue weighted by Crippen LogP contribution is 2.26. The van der Waals surface area contributed by atoms with Crippen LogP contribution in [0.5, 0.6) is 0 Å². The molecule has 1 aliphatic heterocycles. The summed E-state index contributed by atoms with van der Waals surface area (Å²) in [5, 5.41) is 7.63. The van der Waals surface area contributed by atoms with Crippen LogP contribution in [0.15, 0.2) is 42.2 Å². The standard InChI is InChI=1S/C16H16N4OS/c1-3-11-6-4-5-7-14(11)20-15(21)13(17-16(20)22)10-12-8-9-19(2)18-12/h4-10H,3H2,1-2H3,(H,17,22)/b13-10+. The molecule has 1 saturated heterocycles. The molecule has 0 spiro atoms. The van der Waals surface area contributed by atoms with Gasteiger partial charge in [0.05, 0.1) is 11.4 Å². The minimum atomic E-state index is -0.156. The van der Waals surface area contributed by atoms with Crippen LogP contribution < -0.4 is 10.2 Å². The number of nitrogens with one attached hydrogen (secondary N) is 1. The number of hydrogen-bond donors (Lipinski definition) is 1. The summed E-state index contributed by atoms with van der Waals surface area (Å²) < 4.78 is 1.69. The fourth-order valence-electron chi connectivity index (χ4n) is 2.44. The Morgan fingerprint density at radius 3 is 2.77 bits per heavy atom. The van der Waals surface area contributed by atoms with Gasteiger partial charge >= 0.3 is 0 Å². The fraction of sp³-hybridized carbons (Fsp3) is 0.188. The molecule has 0 radical (unpaired) electrons. The van der Waals surface area contributed by atoms with E-state index < -0.39 is 0 Å². The fourth-order valence-corrected chi connectivity index (χ4v) is 2.73. The maximum absolute atomic E-state index is 12.7. The summed E-state index contributed by atoms with van der Waals surface area (Å²) in [6.07, 6.45) is 4.37. The van der Waals surface area contributed by atoms with E-state index in [-0.39, 0.29) is 5.91 Å². The molecule has 0 atom stereocenters. The Kier molecular flexibility index (Phi) is 3.77. The van der Waals surface area contributed by atoms with Gasteiger partial charge in [-0.1, -0.05) is 25.1 Å². The Labute approximate surface area is 134 Å². The van der Waals surface area contributed by atoms with Crippen LogP contribution in [0, 0.1) is 0 Å². The van der Waals surface area contributed by atoms with Crippen molar-refractivity contribution in [3.63, 3.8) is 0 Å². The third-order valence-electron chi connectivity index (χ3n) is 3.52. The van der Waals surface area contributed by atoms with Crippen molar-refractivity contribution in [3.8, 4) is 0 Å². The monoisotopic (exact) mass is 312 g/mol. The van der Waals surface area contributed by atoms with Gasteiger partial charge in [-0.15, -0.1) is 0 Å². The highest BCUT2D eigenvalue weighted by atomic mass is 32.1. The first kappa shape index (κ1) is 14.5. The normalized spacial score (nSPS) is 16.5. The van der Waals surface area contributed by atoms with Gasteiger partial charge in [0.2, 0.25) is 0 Å². The Balaban J connectivity index is 1.97. The molecule has 1 amide bonds. The molecule has 1 aromatic heterocycles. The second-order valence-corrected chi connectivity index (χ2v) is 5.41. The number of aromatic nitrogens is 2. The van der Waals surface area contributed by atoms with E-state index in [1.807, 2.05) is 43.6 Å². The number of nitrogens with zero attached hydrogens (tertiary/aromatic N) is 3. The van der Waals surface area contributed by atoms with Crippen molar-refractivity contribution in [2.24, 2.45) is 7.05 Å². The molecule has 1 fully saturated rings. The van der Waals surface area contributed by atoms with Gasteiger partial charge in [0, 0.05) is 13.2 Å². The van der Waals surface area contributed by atoms with Crippen LogP contribution in [-0.4, -0.2) is 20.8 Å². The number of carbonyl (C=O) groups excluding carboxylic acids is 1. The summed E-state index contributed by atoms with van der Waals surface area (Å²) in [5.41, 5.74) is 3.07. The van der Waals surface area contributed by atoms with Gasteiger partial charge in [0.1, 0.15) is 5.70 Å². The van der Waals surface area contributed by atoms with Crippen LogP contribution >= 0.6 is 12.2 Å². The summed E-state index contributed by atoms with van der Waals surface area (Å²) in [4.78, 5) is 14.2. The van der Waals surface area contributed by atoms with E-state index in [2.05, 4.69) is 17.3 Å². The maximum atomic E-state index is 12.7. The van der Waals surface area contributed by atoms with Crippen LogP contribution in [0.4, 0.5) is 5.69 Å². The maximum Gasteiger partial charge on any atom is 0.281 e. The summed E-state index contributed by atoms with van der Waals surface area (Å²) in [7, 11) is 1.83. The van der Waals surface area contributed by atoms with Gasteiger partial charge in [-0.2, -0.15) is 5.10 Å². The summed E-state index contributed by atoms with van der Waals surface area (Å²) >= 11 is 5.33. The van der Waals surface area contributed by atoms with Gasteiger partial charge in [-0.05, 0) is 42.4 Å². The smallest absolute Gasteiger partial charge is 0.281 e. The van der Waals surface area contributed by atoms with Crippen molar-refractivity contribution in [3.05, 3.63) is 53.5 Å². The molecular weight excluding hydrogens is 296 g/mol. The van der Waals surface area contributed by atoms with E-state index in [1.165, 1.54) is 0 Å². The largest absolute Gasteiger partial charge is 0.327 e. The number of anilines is 1. The molecule has 2 aromatic rings. The second-order valence-electron chi connectivity index (χ2n) is 5.03. The van der Waals surface area contributed by atoms with Crippen molar-refractivity contribution in [1.82, 2.24) is 15.1 Å². The van der Waals surface area contributed by atoms with E-state index in [4.69, 9.17) is 12.2 Å². The van der Waals surface area contributed by atoms with Crippen LogP contribution in [-0.2, 0) is 18.3 Å². The number of carbonyl (C=O) groups is 1. The highest BCUT2D eigenvalue weighted by Gasteiger charge is 2.33. The van der Waals surface area contributed by atoms with Crippen LogP contribution in [0.25, 0.3) is 6.08 Å². The molecule has 22 heavy (non-hydrogen) atoms. The molecule has 0 aliphatic carbocycles. The van der Waals surface area contributed by atoms with Crippen LogP contribution in [0.2, 0.25) is 0 Å². The highest BCUT2D eigenvalue weighted by molar-refractivity contribution is 7.80. The molecule has 0 bridgehead atoms. The predicted octanol–water partition coefficient (Wildman–Crippen LogP) is 2.24. The minimum absolute atomic E-state index is 0.156. The molecular formula is C16H16N4OS. The summed E-state index contributed by atoms with van der Waals surface area (Å²) in [6, 6.07) is 9.63. The van der Waals surface area contributed by atoms with Crippen molar-refractivity contribution in [1.29, 1.82) is 0 Å². The number of benzene rings is 1. The van der Waals surface area contributed by atoms with Crippen LogP contribution in [0.1, 0.15) is 18.2 Å². The molecule has 112 valence electrons. The van der Waals surface area contributed by atoms with E-state index >= 15 is 0 Å². The van der Waals surface area contributed by atoms with Gasteiger partial charge in [0.15, 0.2) is 5.11 Å². The molecule has 6 heteroatoms. The minimum Gasteiger partial charge on any atom is -0.327 e. The number of para-hydroxylation sites is 1. The lowest BCUT2D eigenvalue weighted by atomic mass is 10.1. The Morgan fingerprint density at radius 2 is 2.09 bits per heavy atom. The predicted molar refractivity (Wildman–Crippen MR) is 90.2 cm³/mol. The summed E-state index contributed by atoms with van der Waals surface area (Å²) in [5.74, 6) is -0.156. The molecule has 3 rings (SSSR count). The molecule has 5 nitrogen and oxygen atoms in total. The topological polar surface area (TPSA) is 50.2 Å². The Morgan fingerprint density at radius 1 is 1.32 bits per heavy atom. The van der Waals surface area contributed by atoms with E-state index in [0.717, 1.165) is 17.7 Å². The van der Waals surface area contributed by atoms with Crippen LogP contribution in [0.3, 0.4) is 0 Å². The second kappa shape index (κ2) is 5.73. The SMILES string of the molecule is CCc1ccccc1N1C(=O)/C(=C\c2ccn(C)n2)NC1=S.